The van der Waals surface area contributed by atoms with Gasteiger partial charge < -0.3 is 16.0 Å². The fourth-order valence-corrected chi connectivity index (χ4v) is 1.85. The number of hydrogen-bond acceptors (Lipinski definition) is 3. The van der Waals surface area contributed by atoms with E-state index in [0.29, 0.717) is 12.3 Å². The number of carbonyl (C=O) groups excluding carboxylic acids is 1. The predicted molar refractivity (Wildman–Crippen MR) is 61.6 cm³/mol. The van der Waals surface area contributed by atoms with E-state index in [1.807, 2.05) is 4.90 Å². The van der Waals surface area contributed by atoms with E-state index in [1.54, 1.807) is 0 Å². The minimum atomic E-state index is 0.323. The first-order valence-electron chi connectivity index (χ1n) is 6.03. The van der Waals surface area contributed by atoms with Crippen molar-refractivity contribution in [2.45, 2.75) is 32.1 Å². The third-order valence-corrected chi connectivity index (χ3v) is 2.81. The van der Waals surface area contributed by atoms with Gasteiger partial charge in [-0.3, -0.25) is 4.79 Å². The minimum absolute atomic E-state index is 0.323. The van der Waals surface area contributed by atoms with Crippen LogP contribution in [0.1, 0.15) is 32.1 Å². The smallest absolute Gasteiger partial charge is 0.222 e. The molecule has 1 heterocycles. The molecule has 1 amide bonds. The van der Waals surface area contributed by atoms with Crippen molar-refractivity contribution in [3.8, 4) is 0 Å². The summed E-state index contributed by atoms with van der Waals surface area (Å²) in [6.07, 6.45) is 5.11. The van der Waals surface area contributed by atoms with Gasteiger partial charge in [0.25, 0.3) is 0 Å². The highest BCUT2D eigenvalue weighted by Crippen LogP contribution is 2.05. The molecule has 1 rings (SSSR count). The monoisotopic (exact) mass is 213 g/mol. The van der Waals surface area contributed by atoms with Crippen LogP contribution in [0.15, 0.2) is 0 Å². The number of nitrogens with zero attached hydrogens (tertiary/aromatic N) is 1. The molecule has 0 bridgehead atoms. The van der Waals surface area contributed by atoms with Gasteiger partial charge in [-0.05, 0) is 19.4 Å². The van der Waals surface area contributed by atoms with Gasteiger partial charge in [0.2, 0.25) is 5.91 Å². The maximum absolute atomic E-state index is 11.7. The Labute approximate surface area is 92.2 Å². The van der Waals surface area contributed by atoms with Crippen LogP contribution in [-0.4, -0.2) is 43.5 Å². The van der Waals surface area contributed by atoms with Crippen molar-refractivity contribution in [3.05, 3.63) is 0 Å². The van der Waals surface area contributed by atoms with Gasteiger partial charge in [-0.1, -0.05) is 12.8 Å². The van der Waals surface area contributed by atoms with Crippen molar-refractivity contribution in [2.24, 2.45) is 5.73 Å². The van der Waals surface area contributed by atoms with Gasteiger partial charge in [0.05, 0.1) is 0 Å². The van der Waals surface area contributed by atoms with Crippen LogP contribution in [0, 0.1) is 0 Å². The predicted octanol–water partition coefficient (Wildman–Crippen LogP) is 0.327. The largest absolute Gasteiger partial charge is 0.340 e. The Kier molecular flexibility index (Phi) is 6.36. The lowest BCUT2D eigenvalue weighted by Crippen LogP contribution is -2.46. The summed E-state index contributed by atoms with van der Waals surface area (Å²) >= 11 is 0. The second kappa shape index (κ2) is 7.65. The molecule has 0 unspecified atom stereocenters. The van der Waals surface area contributed by atoms with Gasteiger partial charge in [-0.25, -0.2) is 0 Å². The SMILES string of the molecule is NCCCCCCC(=O)N1CCNCC1. The van der Waals surface area contributed by atoms with Gasteiger partial charge in [-0.2, -0.15) is 0 Å². The van der Waals surface area contributed by atoms with Crippen LogP contribution in [0.5, 0.6) is 0 Å². The third kappa shape index (κ3) is 5.14. The molecule has 0 aromatic carbocycles. The number of nitrogens with one attached hydrogen (secondary N) is 1. The summed E-state index contributed by atoms with van der Waals surface area (Å²) in [7, 11) is 0. The van der Waals surface area contributed by atoms with Crippen LogP contribution in [-0.2, 0) is 4.79 Å². The topological polar surface area (TPSA) is 58.4 Å². The van der Waals surface area contributed by atoms with E-state index in [2.05, 4.69) is 5.32 Å². The van der Waals surface area contributed by atoms with E-state index in [9.17, 15) is 4.79 Å². The first kappa shape index (κ1) is 12.5. The van der Waals surface area contributed by atoms with Crippen molar-refractivity contribution < 1.29 is 4.79 Å². The Morgan fingerprint density at radius 1 is 1.13 bits per heavy atom. The van der Waals surface area contributed by atoms with E-state index >= 15 is 0 Å². The van der Waals surface area contributed by atoms with Crippen LogP contribution in [0.2, 0.25) is 0 Å². The summed E-state index contributed by atoms with van der Waals surface area (Å²) < 4.78 is 0. The van der Waals surface area contributed by atoms with Crippen LogP contribution >= 0.6 is 0 Å². The summed E-state index contributed by atoms with van der Waals surface area (Å²) in [6.45, 7) is 4.41. The summed E-state index contributed by atoms with van der Waals surface area (Å²) in [5.74, 6) is 0.323. The van der Waals surface area contributed by atoms with Gasteiger partial charge in [-0.15, -0.1) is 0 Å². The first-order chi connectivity index (χ1) is 7.34. The van der Waals surface area contributed by atoms with E-state index in [0.717, 1.165) is 58.4 Å². The van der Waals surface area contributed by atoms with Crippen LogP contribution in [0.25, 0.3) is 0 Å². The maximum Gasteiger partial charge on any atom is 0.222 e. The third-order valence-electron chi connectivity index (χ3n) is 2.81. The molecule has 15 heavy (non-hydrogen) atoms. The molecular weight excluding hydrogens is 190 g/mol. The lowest BCUT2D eigenvalue weighted by atomic mass is 10.1. The van der Waals surface area contributed by atoms with Crippen LogP contribution in [0.3, 0.4) is 0 Å². The molecule has 4 nitrogen and oxygen atoms in total. The Bertz CT molecular complexity index is 179. The van der Waals surface area contributed by atoms with Gasteiger partial charge in [0, 0.05) is 32.6 Å². The van der Waals surface area contributed by atoms with Gasteiger partial charge in [0.15, 0.2) is 0 Å². The zero-order valence-corrected chi connectivity index (χ0v) is 9.50. The summed E-state index contributed by atoms with van der Waals surface area (Å²) in [5.41, 5.74) is 5.41. The van der Waals surface area contributed by atoms with Crippen molar-refractivity contribution in [1.29, 1.82) is 0 Å². The minimum Gasteiger partial charge on any atom is -0.340 e. The maximum atomic E-state index is 11.7. The molecule has 4 heteroatoms. The molecule has 88 valence electrons. The average molecular weight is 213 g/mol. The van der Waals surface area contributed by atoms with Crippen molar-refractivity contribution >= 4 is 5.91 Å². The highest BCUT2D eigenvalue weighted by Gasteiger charge is 2.14. The molecular formula is C11H23N3O. The number of hydrogen-bond donors (Lipinski definition) is 2. The highest BCUT2D eigenvalue weighted by atomic mass is 16.2. The molecule has 1 saturated heterocycles. The van der Waals surface area contributed by atoms with Crippen molar-refractivity contribution in [2.75, 3.05) is 32.7 Å². The zero-order chi connectivity index (χ0) is 10.9. The van der Waals surface area contributed by atoms with Crippen molar-refractivity contribution in [3.63, 3.8) is 0 Å². The molecule has 0 spiro atoms. The molecule has 0 aromatic heterocycles. The van der Waals surface area contributed by atoms with E-state index in [1.165, 1.54) is 0 Å². The molecule has 3 N–H and O–H groups in total. The first-order valence-corrected chi connectivity index (χ1v) is 6.03. The fraction of sp³-hybridized carbons (Fsp3) is 0.909. The quantitative estimate of drug-likeness (QED) is 0.625. The molecule has 0 aromatic rings. The fourth-order valence-electron chi connectivity index (χ4n) is 1.85. The molecule has 0 radical (unpaired) electrons. The number of unbranched alkanes of at least 4 members (excludes halogenated alkanes) is 3. The Hall–Kier alpha value is -0.610. The zero-order valence-electron chi connectivity index (χ0n) is 9.50. The summed E-state index contributed by atoms with van der Waals surface area (Å²) in [5, 5.41) is 3.25. The molecule has 1 fully saturated rings. The van der Waals surface area contributed by atoms with Gasteiger partial charge >= 0.3 is 0 Å². The van der Waals surface area contributed by atoms with Crippen molar-refractivity contribution in [1.82, 2.24) is 10.2 Å². The average Bonchev–Trinajstić information content (AvgIpc) is 2.30. The van der Waals surface area contributed by atoms with E-state index in [4.69, 9.17) is 5.73 Å². The standard InChI is InChI=1S/C11H23N3O/c12-6-4-2-1-3-5-11(15)14-9-7-13-8-10-14/h13H,1-10,12H2. The number of piperazine rings is 1. The highest BCUT2D eigenvalue weighted by molar-refractivity contribution is 5.76. The Balaban J connectivity index is 2.02. The summed E-state index contributed by atoms with van der Waals surface area (Å²) in [4.78, 5) is 13.7. The van der Waals surface area contributed by atoms with E-state index in [-0.39, 0.29) is 0 Å². The number of amides is 1. The Morgan fingerprint density at radius 3 is 2.47 bits per heavy atom. The number of rotatable bonds is 6. The lowest BCUT2D eigenvalue weighted by molar-refractivity contribution is -0.131. The normalized spacial score (nSPS) is 16.7. The van der Waals surface area contributed by atoms with Crippen LogP contribution in [0.4, 0.5) is 0 Å². The molecule has 1 aliphatic rings. The molecule has 0 aliphatic carbocycles. The molecule has 0 atom stereocenters. The molecule has 0 saturated carbocycles. The van der Waals surface area contributed by atoms with Gasteiger partial charge in [0.1, 0.15) is 0 Å². The second-order valence-corrected chi connectivity index (χ2v) is 4.08. The van der Waals surface area contributed by atoms with E-state index < -0.39 is 0 Å². The van der Waals surface area contributed by atoms with Crippen LogP contribution < -0.4 is 11.1 Å². The summed E-state index contributed by atoms with van der Waals surface area (Å²) in [6, 6.07) is 0. The number of nitrogens with two attached hydrogens (primary N) is 1. The number of carbonyl (C=O) groups is 1. The second-order valence-electron chi connectivity index (χ2n) is 4.08. The lowest BCUT2D eigenvalue weighted by Gasteiger charge is -2.27. The Morgan fingerprint density at radius 2 is 1.80 bits per heavy atom. The molecule has 1 aliphatic heterocycles.